The van der Waals surface area contributed by atoms with Crippen LogP contribution in [0.25, 0.3) is 0 Å². The number of ether oxygens (including phenoxy) is 6. The molecule has 10 unspecified atom stereocenters. The van der Waals surface area contributed by atoms with E-state index in [4.69, 9.17) is 28.4 Å². The van der Waals surface area contributed by atoms with E-state index < -0.39 is 112 Å². The molecule has 0 aromatic rings. The first-order valence-corrected chi connectivity index (χ1v) is 14.5. The number of methoxy groups -OCH3 is 2. The van der Waals surface area contributed by atoms with E-state index in [1.807, 2.05) is 0 Å². The molecule has 0 aliphatic carbocycles. The molecular weight excluding hydrogens is 613 g/mol. The number of hydrogen-bond acceptors (Lipinski definition) is 16. The minimum atomic E-state index is -5.52. The summed E-state index contributed by atoms with van der Waals surface area (Å²) in [7, 11) is -6.98. The van der Waals surface area contributed by atoms with Crippen LogP contribution in [0.15, 0.2) is 12.0 Å². The Labute approximate surface area is 258 Å². The Morgan fingerprint density at radius 2 is 1.66 bits per heavy atom. The van der Waals surface area contributed by atoms with E-state index in [-0.39, 0.29) is 29.6 Å². The van der Waals surface area contributed by atoms with Crippen molar-refractivity contribution in [2.75, 3.05) is 33.2 Å². The van der Waals surface area contributed by atoms with Crippen LogP contribution in [0.2, 0.25) is 0 Å². The van der Waals surface area contributed by atoms with Crippen molar-refractivity contribution in [3.63, 3.8) is 0 Å². The Hall–Kier alpha value is -0.820. The fourth-order valence-electron chi connectivity index (χ4n) is 4.08. The molecule has 2 saturated heterocycles. The molecule has 0 aromatic heterocycles. The number of carboxylic acids is 1. The summed E-state index contributed by atoms with van der Waals surface area (Å²) < 4.78 is 95.0. The molecular formula is C20H32NNaO17S2. The Morgan fingerprint density at radius 3 is 2.15 bits per heavy atom. The quantitative estimate of drug-likeness (QED) is 0.0592. The van der Waals surface area contributed by atoms with E-state index in [0.717, 1.165) is 21.1 Å². The van der Waals surface area contributed by atoms with Crippen molar-refractivity contribution in [3.05, 3.63) is 12.0 Å². The van der Waals surface area contributed by atoms with Crippen molar-refractivity contribution in [3.8, 4) is 0 Å². The molecule has 0 radical (unpaired) electrons. The summed E-state index contributed by atoms with van der Waals surface area (Å²) in [6.07, 6.45) is -15.9. The number of nitrogens with one attached hydrogen (secondary N) is 1. The normalized spacial score (nSPS) is 34.3. The summed E-state index contributed by atoms with van der Waals surface area (Å²) in [5.74, 6) is -2.88. The molecule has 2 heterocycles. The van der Waals surface area contributed by atoms with Gasteiger partial charge in [-0.2, -0.15) is 0 Å². The monoisotopic (exact) mass is 645 g/mol. The van der Waals surface area contributed by atoms with Crippen LogP contribution in [0.3, 0.4) is 0 Å². The van der Waals surface area contributed by atoms with Crippen LogP contribution in [0.1, 0.15) is 6.92 Å². The van der Waals surface area contributed by atoms with Gasteiger partial charge < -0.3 is 53.6 Å². The van der Waals surface area contributed by atoms with Crippen molar-refractivity contribution >= 4 is 32.1 Å². The van der Waals surface area contributed by atoms with E-state index in [9.17, 15) is 46.3 Å². The molecule has 2 fully saturated rings. The Balaban J connectivity index is 0.00000840. The Bertz CT molecular complexity index is 1110. The number of carbonyl (C=O) groups excluding carboxylic acids is 1. The third kappa shape index (κ3) is 10.7. The standard InChI is InChI=1S/C20H33NO17S2.Na/c1-5-39(27,28)7-6-34-8-10-14(38-40(29,30)31)15(11(21-9(2)22)19(33-4)35-10)36-20-13(24)16(32-3)12(23)17(37-20)18(25)26;/h5,10-17,19-20,23-24H,1,6-8H2,2-4H3,(H,21,22)(H,25,26)(H,29,30,31);/q;+1/p-1. The van der Waals surface area contributed by atoms with Gasteiger partial charge in [0.15, 0.2) is 28.5 Å². The van der Waals surface area contributed by atoms with Crippen LogP contribution < -0.4 is 34.9 Å². The summed E-state index contributed by atoms with van der Waals surface area (Å²) in [6.45, 7) is 3.22. The predicted octanol–water partition coefficient (Wildman–Crippen LogP) is -6.78. The van der Waals surface area contributed by atoms with Gasteiger partial charge >= 0.3 is 35.5 Å². The van der Waals surface area contributed by atoms with E-state index in [1.54, 1.807) is 0 Å². The first kappa shape index (κ1) is 38.2. The van der Waals surface area contributed by atoms with E-state index >= 15 is 0 Å². The van der Waals surface area contributed by atoms with Gasteiger partial charge in [0.1, 0.15) is 42.7 Å². The van der Waals surface area contributed by atoms with Crippen LogP contribution >= 0.6 is 0 Å². The second kappa shape index (κ2) is 16.3. The van der Waals surface area contributed by atoms with Gasteiger partial charge in [0, 0.05) is 26.6 Å². The zero-order valence-electron chi connectivity index (χ0n) is 22.6. The average molecular weight is 646 g/mol. The molecule has 4 N–H and O–H groups in total. The van der Waals surface area contributed by atoms with Crippen LogP contribution in [0.4, 0.5) is 0 Å². The van der Waals surface area contributed by atoms with Crippen LogP contribution in [0, 0.1) is 0 Å². The van der Waals surface area contributed by atoms with Gasteiger partial charge in [-0.15, -0.1) is 0 Å². The zero-order chi connectivity index (χ0) is 30.4. The molecule has 1 amide bonds. The minimum absolute atomic E-state index is 0. The van der Waals surface area contributed by atoms with Gasteiger partial charge in [0.05, 0.1) is 19.0 Å². The van der Waals surface area contributed by atoms with Gasteiger partial charge in [0.2, 0.25) is 16.3 Å². The number of carboxylic acid groups (broad SMARTS) is 1. The van der Waals surface area contributed by atoms with Gasteiger partial charge in [-0.1, -0.05) is 6.58 Å². The smallest absolute Gasteiger partial charge is 0.726 e. The SMILES string of the molecule is C=CS(=O)(=O)CCOCC1OC(OC)C(NC(C)=O)C(OC2OC(C(=O)O)C(O)C(OC)C2O)C1OS(=O)(=O)[O-].[Na+]. The van der Waals surface area contributed by atoms with Crippen molar-refractivity contribution in [1.82, 2.24) is 5.32 Å². The molecule has 18 nitrogen and oxygen atoms in total. The Kier molecular flexibility index (Phi) is 15.2. The molecule has 2 rings (SSSR count). The summed E-state index contributed by atoms with van der Waals surface area (Å²) in [5, 5.41) is 33.4. The second-order valence-corrected chi connectivity index (χ2v) is 11.7. The van der Waals surface area contributed by atoms with Gasteiger partial charge in [0.25, 0.3) is 0 Å². The van der Waals surface area contributed by atoms with E-state index in [1.165, 1.54) is 0 Å². The van der Waals surface area contributed by atoms with Gasteiger partial charge in [-0.05, 0) is 0 Å². The molecule has 2 aliphatic heterocycles. The van der Waals surface area contributed by atoms with Gasteiger partial charge in [-0.25, -0.2) is 21.6 Å². The van der Waals surface area contributed by atoms with Crippen LogP contribution in [-0.4, -0.2) is 143 Å². The average Bonchev–Trinajstić information content (AvgIpc) is 2.85. The maximum absolute atomic E-state index is 12.0. The van der Waals surface area contributed by atoms with Crippen LogP contribution in [-0.2, 0) is 62.4 Å². The van der Waals surface area contributed by atoms with E-state index in [2.05, 4.69) is 16.1 Å². The third-order valence-electron chi connectivity index (χ3n) is 5.88. The number of hydrogen-bond donors (Lipinski definition) is 4. The van der Waals surface area contributed by atoms with Crippen molar-refractivity contribution < 1.29 is 108 Å². The minimum Gasteiger partial charge on any atom is -0.726 e. The summed E-state index contributed by atoms with van der Waals surface area (Å²) in [5.41, 5.74) is 0. The molecule has 10 atom stereocenters. The molecule has 0 saturated carbocycles. The third-order valence-corrected chi connectivity index (χ3v) is 7.58. The molecule has 2 aliphatic rings. The number of carbonyl (C=O) groups is 2. The molecule has 0 spiro atoms. The maximum atomic E-state index is 12.0. The second-order valence-electron chi connectivity index (χ2n) is 8.63. The summed E-state index contributed by atoms with van der Waals surface area (Å²) in [4.78, 5) is 23.6. The number of sulfone groups is 1. The molecule has 41 heavy (non-hydrogen) atoms. The fraction of sp³-hybridized carbons (Fsp3) is 0.800. The van der Waals surface area contributed by atoms with Crippen molar-refractivity contribution in [1.29, 1.82) is 0 Å². The van der Waals surface area contributed by atoms with Crippen molar-refractivity contribution in [2.45, 2.75) is 68.3 Å². The first-order valence-electron chi connectivity index (χ1n) is 11.5. The number of amides is 1. The topological polar surface area (TPSA) is 263 Å². The molecule has 232 valence electrons. The van der Waals surface area contributed by atoms with Crippen molar-refractivity contribution in [2.24, 2.45) is 0 Å². The fourth-order valence-corrected chi connectivity index (χ4v) is 5.11. The zero-order valence-corrected chi connectivity index (χ0v) is 26.2. The molecule has 21 heteroatoms. The number of aliphatic hydroxyl groups is 2. The Morgan fingerprint density at radius 1 is 1.02 bits per heavy atom. The number of rotatable bonds is 14. The predicted molar refractivity (Wildman–Crippen MR) is 127 cm³/mol. The van der Waals surface area contributed by atoms with E-state index in [0.29, 0.717) is 5.41 Å². The maximum Gasteiger partial charge on any atom is 1.00 e. The largest absolute Gasteiger partial charge is 1.00 e. The summed E-state index contributed by atoms with van der Waals surface area (Å²) in [6, 6.07) is -1.46. The number of aliphatic carboxylic acids is 1. The number of aliphatic hydroxyl groups excluding tert-OH is 2. The summed E-state index contributed by atoms with van der Waals surface area (Å²) >= 11 is 0. The van der Waals surface area contributed by atoms with Gasteiger partial charge in [-0.3, -0.25) is 8.98 Å². The van der Waals surface area contributed by atoms with Crippen LogP contribution in [0.5, 0.6) is 0 Å². The first-order chi connectivity index (χ1) is 18.5. The molecule has 0 aromatic carbocycles. The molecule has 0 bridgehead atoms.